The van der Waals surface area contributed by atoms with E-state index in [1.807, 2.05) is 34.1 Å². The summed E-state index contributed by atoms with van der Waals surface area (Å²) >= 11 is 0. The first-order chi connectivity index (χ1) is 23.3. The Morgan fingerprint density at radius 1 is 0.917 bits per heavy atom. The number of anilines is 1. The molecule has 48 heavy (non-hydrogen) atoms. The predicted octanol–water partition coefficient (Wildman–Crippen LogP) is 5.00. The van der Waals surface area contributed by atoms with E-state index in [0.29, 0.717) is 32.0 Å². The van der Waals surface area contributed by atoms with Gasteiger partial charge in [0.1, 0.15) is 18.6 Å². The molecule has 260 valence electrons. The van der Waals surface area contributed by atoms with Crippen LogP contribution in [0.1, 0.15) is 68.2 Å². The van der Waals surface area contributed by atoms with Gasteiger partial charge < -0.3 is 24.6 Å². The summed E-state index contributed by atoms with van der Waals surface area (Å²) in [4.78, 5) is 51.5. The largest absolute Gasteiger partial charge is 0.445 e. The summed E-state index contributed by atoms with van der Waals surface area (Å²) in [5, 5.41) is 3.13. The number of carbonyl (C=O) groups excluding carboxylic acids is 3. The maximum atomic E-state index is 14.1. The Hall–Kier alpha value is -3.47. The maximum Gasteiger partial charge on any atom is 0.411 e. The van der Waals surface area contributed by atoms with Crippen molar-refractivity contribution in [2.75, 3.05) is 64.7 Å². The summed E-state index contributed by atoms with van der Waals surface area (Å²) in [6.07, 6.45) is 6.86. The highest BCUT2D eigenvalue weighted by Crippen LogP contribution is 2.39. The number of amides is 3. The Kier molecular flexibility index (Phi) is 11.0. The van der Waals surface area contributed by atoms with Crippen LogP contribution in [0.5, 0.6) is 0 Å². The quantitative estimate of drug-likeness (QED) is 0.380. The molecule has 4 aliphatic rings. The topological polar surface area (TPSA) is 88.7 Å². The number of para-hydroxylation sites is 1. The summed E-state index contributed by atoms with van der Waals surface area (Å²) < 4.78 is 6.06. The highest BCUT2D eigenvalue weighted by Gasteiger charge is 2.52. The second kappa shape index (κ2) is 15.4. The molecule has 0 radical (unpaired) electrons. The molecule has 3 fully saturated rings. The summed E-state index contributed by atoms with van der Waals surface area (Å²) in [7, 11) is 2.19. The van der Waals surface area contributed by atoms with E-state index in [-0.39, 0.29) is 25.1 Å². The van der Waals surface area contributed by atoms with Gasteiger partial charge in [-0.2, -0.15) is 0 Å². The first kappa shape index (κ1) is 34.4. The second-order valence-electron chi connectivity index (χ2n) is 14.1. The van der Waals surface area contributed by atoms with Gasteiger partial charge >= 0.3 is 12.1 Å². The lowest BCUT2D eigenvalue weighted by atomic mass is 9.85. The fourth-order valence-electron chi connectivity index (χ4n) is 8.63. The van der Waals surface area contributed by atoms with Gasteiger partial charge in [0.15, 0.2) is 0 Å². The van der Waals surface area contributed by atoms with E-state index in [2.05, 4.69) is 59.1 Å². The van der Waals surface area contributed by atoms with Crippen molar-refractivity contribution in [2.45, 2.75) is 89.6 Å². The molecule has 0 unspecified atom stereocenters. The summed E-state index contributed by atoms with van der Waals surface area (Å²) in [5.41, 5.74) is 4.67. The lowest BCUT2D eigenvalue weighted by molar-refractivity contribution is -0.130. The van der Waals surface area contributed by atoms with Crippen LogP contribution in [0, 0.1) is 0 Å². The molecule has 2 aromatic carbocycles. The minimum Gasteiger partial charge on any atom is -0.445 e. The van der Waals surface area contributed by atoms with Gasteiger partial charge in [-0.3, -0.25) is 14.7 Å². The number of aryl methyl sites for hydroxylation is 2. The Labute approximate surface area is 286 Å². The number of fused-ring (bicyclic) bond motifs is 1. The van der Waals surface area contributed by atoms with E-state index in [1.165, 1.54) is 24.0 Å². The minimum absolute atomic E-state index is 0.115. The average Bonchev–Trinajstić information content (AvgIpc) is 3.29. The number of nitrogens with zero attached hydrogens (tertiary/aromatic N) is 5. The van der Waals surface area contributed by atoms with Crippen LogP contribution >= 0.6 is 0 Å². The van der Waals surface area contributed by atoms with E-state index in [1.54, 1.807) is 0 Å². The molecule has 2 atom stereocenters. The molecule has 10 nitrogen and oxygen atoms in total. The van der Waals surface area contributed by atoms with Crippen LogP contribution in [0.2, 0.25) is 0 Å². The van der Waals surface area contributed by atoms with Crippen molar-refractivity contribution in [3.05, 3.63) is 64.7 Å². The molecular formula is C38H54N6O4. The smallest absolute Gasteiger partial charge is 0.411 e. The van der Waals surface area contributed by atoms with Gasteiger partial charge in [-0.25, -0.2) is 9.59 Å². The van der Waals surface area contributed by atoms with Crippen LogP contribution in [-0.4, -0.2) is 120 Å². The summed E-state index contributed by atoms with van der Waals surface area (Å²) in [5.74, 6) is 0. The van der Waals surface area contributed by atoms with Gasteiger partial charge in [0.2, 0.25) is 0 Å². The lowest BCUT2D eigenvalue weighted by Crippen LogP contribution is -2.71. The third-order valence-corrected chi connectivity index (χ3v) is 11.5. The van der Waals surface area contributed by atoms with Crippen LogP contribution in [0.15, 0.2) is 42.5 Å². The number of nitrogens with one attached hydrogen (secondary N) is 1. The van der Waals surface area contributed by atoms with Gasteiger partial charge in [-0.15, -0.1) is 0 Å². The number of aldehydes is 1. The minimum atomic E-state index is -0.874. The van der Waals surface area contributed by atoms with Gasteiger partial charge in [-0.1, -0.05) is 50.2 Å². The first-order valence-electron chi connectivity index (χ1n) is 18.2. The second-order valence-corrected chi connectivity index (χ2v) is 14.1. The zero-order valence-electron chi connectivity index (χ0n) is 29.2. The van der Waals surface area contributed by atoms with Crippen molar-refractivity contribution in [2.24, 2.45) is 0 Å². The molecular weight excluding hydrogens is 604 g/mol. The third-order valence-electron chi connectivity index (χ3n) is 11.5. The standard InChI is InChI=1S/C38H54N6O4/c1-4-30-11-10-29(26-31(30)5-2)28-48-37(47)44-20-15-34(43-19-12-32-8-6-7-9-35(32)39-36(43)46)27-38(44,16-25-45)42-23-21-41(22-24-42)33-13-17-40(3)18-14-33/h6-11,25-26,33-34H,4-5,12-24,27-28H2,1-3H3,(H,39,46)/t34-,38+/m1/s1. The SMILES string of the molecule is CCc1ccc(COC(=O)N2CC[C@@H](N3CCc4ccccc4NC3=O)C[C@@]2(CC=O)N2CCN(C3CCN(C)CC3)CC2)cc1CC. The average molecular weight is 659 g/mol. The lowest BCUT2D eigenvalue weighted by Gasteiger charge is -2.57. The van der Waals surface area contributed by atoms with Crippen LogP contribution in [0.25, 0.3) is 0 Å². The number of likely N-dealkylation sites (tertiary alicyclic amines) is 2. The van der Waals surface area contributed by atoms with Crippen molar-refractivity contribution in [3.63, 3.8) is 0 Å². The van der Waals surface area contributed by atoms with Crippen molar-refractivity contribution in [3.8, 4) is 0 Å². The predicted molar refractivity (Wildman–Crippen MR) is 188 cm³/mol. The monoisotopic (exact) mass is 658 g/mol. The highest BCUT2D eigenvalue weighted by molar-refractivity contribution is 5.91. The molecule has 3 amide bonds. The molecule has 0 bridgehead atoms. The number of piperidine rings is 2. The highest BCUT2D eigenvalue weighted by atomic mass is 16.6. The van der Waals surface area contributed by atoms with E-state index in [9.17, 15) is 14.4 Å². The Balaban J connectivity index is 1.23. The number of hydrogen-bond acceptors (Lipinski definition) is 7. The van der Waals surface area contributed by atoms with Crippen LogP contribution in [0.4, 0.5) is 15.3 Å². The Morgan fingerprint density at radius 3 is 2.38 bits per heavy atom. The number of ether oxygens (including phenoxy) is 1. The molecule has 1 N–H and O–H groups in total. The van der Waals surface area contributed by atoms with E-state index >= 15 is 0 Å². The molecule has 0 spiro atoms. The number of benzene rings is 2. The van der Waals surface area contributed by atoms with Crippen molar-refractivity contribution >= 4 is 24.1 Å². The molecule has 6 rings (SSSR count). The molecule has 3 saturated heterocycles. The molecule has 0 aliphatic carbocycles. The number of urea groups is 1. The third kappa shape index (κ3) is 7.26. The van der Waals surface area contributed by atoms with Crippen molar-refractivity contribution in [1.82, 2.24) is 24.5 Å². The van der Waals surface area contributed by atoms with Crippen molar-refractivity contribution in [1.29, 1.82) is 0 Å². The molecule has 2 aromatic rings. The molecule has 0 aromatic heterocycles. The van der Waals surface area contributed by atoms with Crippen molar-refractivity contribution < 1.29 is 19.1 Å². The molecule has 4 heterocycles. The maximum absolute atomic E-state index is 14.1. The molecule has 4 aliphatic heterocycles. The number of hydrogen-bond donors (Lipinski definition) is 1. The number of piperazine rings is 1. The fraction of sp³-hybridized carbons (Fsp3) is 0.605. The van der Waals surface area contributed by atoms with Crippen LogP contribution in [0.3, 0.4) is 0 Å². The van der Waals surface area contributed by atoms with E-state index < -0.39 is 11.8 Å². The summed E-state index contributed by atoms with van der Waals surface area (Å²) in [6.45, 7) is 11.0. The van der Waals surface area contributed by atoms with Gasteiger partial charge in [0.05, 0.1) is 0 Å². The van der Waals surface area contributed by atoms with E-state index in [0.717, 1.165) is 81.6 Å². The van der Waals surface area contributed by atoms with Crippen LogP contribution in [-0.2, 0) is 35.4 Å². The number of carbonyl (C=O) groups is 3. The van der Waals surface area contributed by atoms with Crippen LogP contribution < -0.4 is 5.32 Å². The first-order valence-corrected chi connectivity index (χ1v) is 18.2. The Bertz CT molecular complexity index is 1440. The van der Waals surface area contributed by atoms with Gasteiger partial charge in [0.25, 0.3) is 0 Å². The normalized spacial score (nSPS) is 24.9. The Morgan fingerprint density at radius 2 is 1.65 bits per heavy atom. The molecule has 10 heteroatoms. The van der Waals surface area contributed by atoms with Gasteiger partial charge in [-0.05, 0) is 87.0 Å². The number of rotatable bonds is 9. The van der Waals surface area contributed by atoms with Gasteiger partial charge in [0, 0.05) is 69.9 Å². The zero-order chi connectivity index (χ0) is 33.7. The van der Waals surface area contributed by atoms with E-state index in [4.69, 9.17) is 4.74 Å². The fourth-order valence-corrected chi connectivity index (χ4v) is 8.63. The summed E-state index contributed by atoms with van der Waals surface area (Å²) in [6, 6.07) is 14.6. The zero-order valence-corrected chi connectivity index (χ0v) is 29.2. The molecule has 0 saturated carbocycles.